The summed E-state index contributed by atoms with van der Waals surface area (Å²) in [7, 11) is 0. The second-order valence-corrected chi connectivity index (χ2v) is 6.77. The van der Waals surface area contributed by atoms with Crippen molar-refractivity contribution in [3.63, 3.8) is 0 Å². The van der Waals surface area contributed by atoms with E-state index in [2.05, 4.69) is 34.3 Å². The van der Waals surface area contributed by atoms with Gasteiger partial charge in [-0.05, 0) is 25.5 Å². The molecule has 24 heavy (non-hydrogen) atoms. The average molecular weight is 329 g/mol. The summed E-state index contributed by atoms with van der Waals surface area (Å²) < 4.78 is 5.37. The molecule has 0 bridgehead atoms. The highest BCUT2D eigenvalue weighted by atomic mass is 16.5. The SMILES string of the molecule is CCc1cc(NCC(C)(O)CN2CCOCC2)c2ccccc2n1. The molecule has 2 aromatic rings. The van der Waals surface area contributed by atoms with E-state index in [1.165, 1.54) is 0 Å². The Labute approximate surface area is 143 Å². The second-order valence-electron chi connectivity index (χ2n) is 6.77. The molecule has 0 spiro atoms. The number of aryl methyl sites for hydroxylation is 1. The maximum Gasteiger partial charge on any atom is 0.0917 e. The number of ether oxygens (including phenoxy) is 1. The lowest BCUT2D eigenvalue weighted by Gasteiger charge is -2.34. The zero-order valence-corrected chi connectivity index (χ0v) is 14.6. The number of pyridine rings is 1. The molecule has 1 aliphatic heterocycles. The van der Waals surface area contributed by atoms with Crippen molar-refractivity contribution in [2.75, 3.05) is 44.7 Å². The number of benzene rings is 1. The molecule has 130 valence electrons. The molecule has 0 aliphatic carbocycles. The van der Waals surface area contributed by atoms with Gasteiger partial charge < -0.3 is 15.2 Å². The number of fused-ring (bicyclic) bond motifs is 1. The quantitative estimate of drug-likeness (QED) is 0.852. The molecular formula is C19H27N3O2. The van der Waals surface area contributed by atoms with Crippen molar-refractivity contribution in [2.45, 2.75) is 25.9 Å². The summed E-state index contributed by atoms with van der Waals surface area (Å²) in [6, 6.07) is 10.2. The number of rotatable bonds is 6. The Morgan fingerprint density at radius 3 is 2.79 bits per heavy atom. The van der Waals surface area contributed by atoms with E-state index in [9.17, 15) is 5.11 Å². The van der Waals surface area contributed by atoms with Gasteiger partial charge in [0.1, 0.15) is 0 Å². The van der Waals surface area contributed by atoms with Crippen LogP contribution in [0.2, 0.25) is 0 Å². The molecule has 1 aliphatic rings. The van der Waals surface area contributed by atoms with Gasteiger partial charge in [-0.1, -0.05) is 25.1 Å². The van der Waals surface area contributed by atoms with Crippen molar-refractivity contribution >= 4 is 16.6 Å². The third kappa shape index (κ3) is 4.23. The second kappa shape index (κ2) is 7.47. The maximum absolute atomic E-state index is 10.8. The monoisotopic (exact) mass is 329 g/mol. The predicted molar refractivity (Wildman–Crippen MR) is 97.5 cm³/mol. The molecule has 5 heteroatoms. The van der Waals surface area contributed by atoms with E-state index in [1.807, 2.05) is 25.1 Å². The third-order valence-corrected chi connectivity index (χ3v) is 4.46. The summed E-state index contributed by atoms with van der Waals surface area (Å²) in [5.74, 6) is 0. The van der Waals surface area contributed by atoms with Crippen LogP contribution in [0.5, 0.6) is 0 Å². The van der Waals surface area contributed by atoms with Gasteiger partial charge in [0, 0.05) is 42.9 Å². The van der Waals surface area contributed by atoms with Crippen LogP contribution in [-0.4, -0.2) is 60.0 Å². The summed E-state index contributed by atoms with van der Waals surface area (Å²) in [5, 5.41) is 15.3. The van der Waals surface area contributed by atoms with Gasteiger partial charge in [-0.15, -0.1) is 0 Å². The van der Waals surface area contributed by atoms with Crippen molar-refractivity contribution in [2.24, 2.45) is 0 Å². The molecule has 0 amide bonds. The topological polar surface area (TPSA) is 57.6 Å². The third-order valence-electron chi connectivity index (χ3n) is 4.46. The van der Waals surface area contributed by atoms with Crippen molar-refractivity contribution < 1.29 is 9.84 Å². The standard InChI is InChI=1S/C19H27N3O2/c1-3-15-12-18(16-6-4-5-7-17(16)21-15)20-13-19(2,23)14-22-8-10-24-11-9-22/h4-7,12,23H,3,8-11,13-14H2,1-2H3,(H,20,21). The molecule has 2 heterocycles. The fraction of sp³-hybridized carbons (Fsp3) is 0.526. The van der Waals surface area contributed by atoms with Crippen LogP contribution < -0.4 is 5.32 Å². The zero-order chi connectivity index (χ0) is 17.0. The molecule has 1 saturated heterocycles. The molecule has 3 rings (SSSR count). The summed E-state index contributed by atoms with van der Waals surface area (Å²) in [4.78, 5) is 6.93. The van der Waals surface area contributed by atoms with Gasteiger partial charge in [0.2, 0.25) is 0 Å². The first kappa shape index (κ1) is 17.1. The molecule has 1 unspecified atom stereocenters. The number of anilines is 1. The van der Waals surface area contributed by atoms with Crippen molar-refractivity contribution in [3.05, 3.63) is 36.0 Å². The molecule has 1 aromatic carbocycles. The number of para-hydroxylation sites is 1. The largest absolute Gasteiger partial charge is 0.387 e. The minimum atomic E-state index is -0.798. The van der Waals surface area contributed by atoms with E-state index in [-0.39, 0.29) is 0 Å². The lowest BCUT2D eigenvalue weighted by Crippen LogP contribution is -2.49. The minimum Gasteiger partial charge on any atom is -0.387 e. The highest BCUT2D eigenvalue weighted by Crippen LogP contribution is 2.24. The summed E-state index contributed by atoms with van der Waals surface area (Å²) in [6.07, 6.45) is 0.893. The van der Waals surface area contributed by atoms with Gasteiger partial charge in [-0.2, -0.15) is 0 Å². The number of morpholine rings is 1. The molecule has 2 N–H and O–H groups in total. The van der Waals surface area contributed by atoms with E-state index in [4.69, 9.17) is 4.74 Å². The first-order chi connectivity index (χ1) is 11.6. The number of hydrogen-bond donors (Lipinski definition) is 2. The summed E-state index contributed by atoms with van der Waals surface area (Å²) in [6.45, 7) is 8.41. The highest BCUT2D eigenvalue weighted by molar-refractivity contribution is 5.91. The van der Waals surface area contributed by atoms with E-state index in [1.54, 1.807) is 0 Å². The van der Waals surface area contributed by atoms with Gasteiger partial charge in [0.05, 0.1) is 24.3 Å². The maximum atomic E-state index is 10.8. The first-order valence-corrected chi connectivity index (χ1v) is 8.72. The van der Waals surface area contributed by atoms with E-state index < -0.39 is 5.60 Å². The van der Waals surface area contributed by atoms with Crippen molar-refractivity contribution in [1.29, 1.82) is 0 Å². The van der Waals surface area contributed by atoms with Crippen LogP contribution >= 0.6 is 0 Å². The van der Waals surface area contributed by atoms with Crippen molar-refractivity contribution in [1.82, 2.24) is 9.88 Å². The summed E-state index contributed by atoms with van der Waals surface area (Å²) >= 11 is 0. The van der Waals surface area contributed by atoms with Crippen LogP contribution in [0, 0.1) is 0 Å². The van der Waals surface area contributed by atoms with Crippen LogP contribution in [0.15, 0.2) is 30.3 Å². The normalized spacial score (nSPS) is 18.5. The number of aromatic nitrogens is 1. The minimum absolute atomic E-state index is 0.502. The smallest absolute Gasteiger partial charge is 0.0917 e. The van der Waals surface area contributed by atoms with Gasteiger partial charge in [-0.25, -0.2) is 0 Å². The van der Waals surface area contributed by atoms with Crippen LogP contribution in [0.3, 0.4) is 0 Å². The Morgan fingerprint density at radius 1 is 1.29 bits per heavy atom. The predicted octanol–water partition coefficient (Wildman–Crippen LogP) is 2.29. The molecule has 1 fully saturated rings. The highest BCUT2D eigenvalue weighted by Gasteiger charge is 2.25. The number of nitrogens with zero attached hydrogens (tertiary/aromatic N) is 2. The molecule has 0 radical (unpaired) electrons. The van der Waals surface area contributed by atoms with Gasteiger partial charge in [-0.3, -0.25) is 9.88 Å². The van der Waals surface area contributed by atoms with Crippen LogP contribution in [0.25, 0.3) is 10.9 Å². The fourth-order valence-corrected chi connectivity index (χ4v) is 3.14. The number of β-amino-alcohol motifs (C(OH)–C–C–N with tert-alkyl or cyclic N) is 1. The van der Waals surface area contributed by atoms with E-state index in [0.29, 0.717) is 13.1 Å². The lowest BCUT2D eigenvalue weighted by molar-refractivity contribution is -0.0163. The Hall–Kier alpha value is -1.69. The number of nitrogens with one attached hydrogen (secondary N) is 1. The molecule has 1 aromatic heterocycles. The first-order valence-electron chi connectivity index (χ1n) is 8.72. The Kier molecular flexibility index (Phi) is 5.33. The van der Waals surface area contributed by atoms with Crippen molar-refractivity contribution in [3.8, 4) is 0 Å². The van der Waals surface area contributed by atoms with Gasteiger partial charge >= 0.3 is 0 Å². The van der Waals surface area contributed by atoms with Gasteiger partial charge in [0.25, 0.3) is 0 Å². The van der Waals surface area contributed by atoms with E-state index in [0.717, 1.165) is 55.0 Å². The average Bonchev–Trinajstić information content (AvgIpc) is 2.60. The van der Waals surface area contributed by atoms with Crippen LogP contribution in [-0.2, 0) is 11.2 Å². The van der Waals surface area contributed by atoms with Gasteiger partial charge in [0.15, 0.2) is 0 Å². The summed E-state index contributed by atoms with van der Waals surface area (Å²) in [5.41, 5.74) is 2.30. The number of hydrogen-bond acceptors (Lipinski definition) is 5. The Balaban J connectivity index is 1.72. The lowest BCUT2D eigenvalue weighted by atomic mass is 10.1. The van der Waals surface area contributed by atoms with Crippen LogP contribution in [0.1, 0.15) is 19.5 Å². The Morgan fingerprint density at radius 2 is 2.04 bits per heavy atom. The Bertz CT molecular complexity index is 681. The number of aliphatic hydroxyl groups is 1. The molecule has 0 saturated carbocycles. The molecule has 1 atom stereocenters. The molecule has 5 nitrogen and oxygen atoms in total. The van der Waals surface area contributed by atoms with Crippen LogP contribution in [0.4, 0.5) is 5.69 Å². The molecular weight excluding hydrogens is 302 g/mol. The zero-order valence-electron chi connectivity index (χ0n) is 14.6. The fourth-order valence-electron chi connectivity index (χ4n) is 3.14. The van der Waals surface area contributed by atoms with E-state index >= 15 is 0 Å².